The molecule has 0 aromatic heterocycles. The summed E-state index contributed by atoms with van der Waals surface area (Å²) in [6.07, 6.45) is 0.746. The summed E-state index contributed by atoms with van der Waals surface area (Å²) in [5.41, 5.74) is 0.0271. The highest BCUT2D eigenvalue weighted by Crippen LogP contribution is 2.40. The molecule has 0 radical (unpaired) electrons. The SMILES string of the molecule is CC(CN1CCOCC1)NC1CC(O)C1(C)C. The number of hydrogen-bond acceptors (Lipinski definition) is 4. The number of aliphatic hydroxyl groups excluding tert-OH is 1. The highest BCUT2D eigenvalue weighted by atomic mass is 16.5. The van der Waals surface area contributed by atoms with Crippen LogP contribution in [0.3, 0.4) is 0 Å². The van der Waals surface area contributed by atoms with E-state index in [0.29, 0.717) is 12.1 Å². The van der Waals surface area contributed by atoms with E-state index in [4.69, 9.17) is 4.74 Å². The fourth-order valence-electron chi connectivity index (χ4n) is 2.75. The largest absolute Gasteiger partial charge is 0.392 e. The van der Waals surface area contributed by atoms with Crippen LogP contribution in [0.15, 0.2) is 0 Å². The predicted octanol–water partition coefficient (Wildman–Crippen LogP) is 0.456. The summed E-state index contributed by atoms with van der Waals surface area (Å²) in [6.45, 7) is 11.4. The Labute approximate surface area is 104 Å². The van der Waals surface area contributed by atoms with Crippen molar-refractivity contribution in [1.82, 2.24) is 10.2 Å². The monoisotopic (exact) mass is 242 g/mol. The first-order valence-corrected chi connectivity index (χ1v) is 6.74. The van der Waals surface area contributed by atoms with E-state index in [1.807, 2.05) is 0 Å². The molecule has 2 rings (SSSR count). The molecular weight excluding hydrogens is 216 g/mol. The fraction of sp³-hybridized carbons (Fsp3) is 1.00. The molecule has 1 saturated carbocycles. The molecule has 3 unspecified atom stereocenters. The predicted molar refractivity (Wildman–Crippen MR) is 68.0 cm³/mol. The van der Waals surface area contributed by atoms with Gasteiger partial charge in [0.1, 0.15) is 0 Å². The zero-order valence-electron chi connectivity index (χ0n) is 11.3. The quantitative estimate of drug-likeness (QED) is 0.751. The summed E-state index contributed by atoms with van der Waals surface area (Å²) < 4.78 is 5.35. The number of ether oxygens (including phenoxy) is 1. The van der Waals surface area contributed by atoms with Crippen molar-refractivity contribution in [3.63, 3.8) is 0 Å². The van der Waals surface area contributed by atoms with Gasteiger partial charge in [-0.1, -0.05) is 13.8 Å². The van der Waals surface area contributed by atoms with Gasteiger partial charge in [0.05, 0.1) is 19.3 Å². The van der Waals surface area contributed by atoms with Crippen molar-refractivity contribution < 1.29 is 9.84 Å². The van der Waals surface area contributed by atoms with Crippen LogP contribution in [0.1, 0.15) is 27.2 Å². The van der Waals surface area contributed by atoms with E-state index < -0.39 is 0 Å². The van der Waals surface area contributed by atoms with Gasteiger partial charge in [-0.25, -0.2) is 0 Å². The molecule has 1 aliphatic carbocycles. The lowest BCUT2D eigenvalue weighted by atomic mass is 9.64. The lowest BCUT2D eigenvalue weighted by Gasteiger charge is -2.51. The van der Waals surface area contributed by atoms with Crippen molar-refractivity contribution in [1.29, 1.82) is 0 Å². The molecule has 2 fully saturated rings. The van der Waals surface area contributed by atoms with Crippen molar-refractivity contribution in [2.45, 2.75) is 45.4 Å². The number of morpholine rings is 1. The molecule has 100 valence electrons. The molecule has 0 aromatic rings. The molecule has 4 heteroatoms. The van der Waals surface area contributed by atoms with Crippen molar-refractivity contribution in [3.8, 4) is 0 Å². The first-order valence-electron chi connectivity index (χ1n) is 6.74. The van der Waals surface area contributed by atoms with Gasteiger partial charge in [-0.05, 0) is 13.3 Å². The maximum Gasteiger partial charge on any atom is 0.0621 e. The molecule has 0 aromatic carbocycles. The first kappa shape index (κ1) is 13.3. The zero-order valence-corrected chi connectivity index (χ0v) is 11.3. The molecule has 2 aliphatic rings. The molecule has 2 N–H and O–H groups in total. The van der Waals surface area contributed by atoms with Crippen LogP contribution in [0.2, 0.25) is 0 Å². The lowest BCUT2D eigenvalue weighted by Crippen LogP contribution is -2.62. The molecule has 3 atom stereocenters. The Hall–Kier alpha value is -0.160. The standard InChI is InChI=1S/C13H26N2O2/c1-10(9-15-4-6-17-7-5-15)14-11-8-12(16)13(11,2)3/h10-12,14,16H,4-9H2,1-3H3. The molecule has 0 amide bonds. The average Bonchev–Trinajstić information content (AvgIpc) is 2.30. The number of nitrogens with one attached hydrogen (secondary N) is 1. The van der Waals surface area contributed by atoms with Gasteiger partial charge in [0.25, 0.3) is 0 Å². The van der Waals surface area contributed by atoms with Crippen molar-refractivity contribution in [2.75, 3.05) is 32.8 Å². The molecule has 1 aliphatic heterocycles. The van der Waals surface area contributed by atoms with Crippen LogP contribution in [-0.2, 0) is 4.74 Å². The fourth-order valence-corrected chi connectivity index (χ4v) is 2.75. The third kappa shape index (κ3) is 2.99. The van der Waals surface area contributed by atoms with E-state index in [1.54, 1.807) is 0 Å². The van der Waals surface area contributed by atoms with E-state index in [2.05, 4.69) is 31.0 Å². The Morgan fingerprint density at radius 1 is 1.41 bits per heavy atom. The first-order chi connectivity index (χ1) is 8.00. The van der Waals surface area contributed by atoms with Crippen LogP contribution in [0.5, 0.6) is 0 Å². The second-order valence-electron chi connectivity index (χ2n) is 6.11. The summed E-state index contributed by atoms with van der Waals surface area (Å²) >= 11 is 0. The number of aliphatic hydroxyl groups is 1. The third-order valence-corrected chi connectivity index (χ3v) is 4.34. The molecule has 0 bridgehead atoms. The number of hydrogen-bond donors (Lipinski definition) is 2. The minimum atomic E-state index is -0.143. The number of nitrogens with zero attached hydrogens (tertiary/aromatic N) is 1. The zero-order chi connectivity index (χ0) is 12.5. The Balaban J connectivity index is 1.72. The average molecular weight is 242 g/mol. The molecule has 0 spiro atoms. The molecule has 17 heavy (non-hydrogen) atoms. The van der Waals surface area contributed by atoms with Crippen molar-refractivity contribution in [3.05, 3.63) is 0 Å². The maximum atomic E-state index is 9.71. The highest BCUT2D eigenvalue weighted by Gasteiger charge is 2.47. The summed E-state index contributed by atoms with van der Waals surface area (Å²) in [4.78, 5) is 2.45. The van der Waals surface area contributed by atoms with Crippen LogP contribution in [0.4, 0.5) is 0 Å². The van der Waals surface area contributed by atoms with Gasteiger partial charge in [-0.15, -0.1) is 0 Å². The molecule has 1 saturated heterocycles. The Morgan fingerprint density at radius 3 is 2.59 bits per heavy atom. The van der Waals surface area contributed by atoms with Gasteiger partial charge in [0.15, 0.2) is 0 Å². The highest BCUT2D eigenvalue weighted by molar-refractivity contribution is 5.02. The minimum Gasteiger partial charge on any atom is -0.392 e. The Kier molecular flexibility index (Phi) is 4.08. The Bertz CT molecular complexity index is 252. The summed E-state index contributed by atoms with van der Waals surface area (Å²) in [5, 5.41) is 13.4. The van der Waals surface area contributed by atoms with E-state index in [9.17, 15) is 5.11 Å². The third-order valence-electron chi connectivity index (χ3n) is 4.34. The maximum absolute atomic E-state index is 9.71. The summed E-state index contributed by atoms with van der Waals surface area (Å²) in [6, 6.07) is 0.929. The summed E-state index contributed by atoms with van der Waals surface area (Å²) in [7, 11) is 0. The Morgan fingerprint density at radius 2 is 2.06 bits per heavy atom. The molecule has 4 nitrogen and oxygen atoms in total. The smallest absolute Gasteiger partial charge is 0.0621 e. The summed E-state index contributed by atoms with van der Waals surface area (Å²) in [5.74, 6) is 0. The topological polar surface area (TPSA) is 44.7 Å². The van der Waals surface area contributed by atoms with E-state index >= 15 is 0 Å². The van der Waals surface area contributed by atoms with Gasteiger partial charge in [-0.3, -0.25) is 4.90 Å². The van der Waals surface area contributed by atoms with E-state index in [0.717, 1.165) is 39.3 Å². The van der Waals surface area contributed by atoms with Crippen LogP contribution < -0.4 is 5.32 Å². The second-order valence-corrected chi connectivity index (χ2v) is 6.11. The van der Waals surface area contributed by atoms with Crippen molar-refractivity contribution in [2.24, 2.45) is 5.41 Å². The van der Waals surface area contributed by atoms with Gasteiger partial charge < -0.3 is 15.2 Å². The van der Waals surface area contributed by atoms with Gasteiger partial charge >= 0.3 is 0 Å². The van der Waals surface area contributed by atoms with Crippen LogP contribution in [0, 0.1) is 5.41 Å². The van der Waals surface area contributed by atoms with Crippen LogP contribution >= 0.6 is 0 Å². The second kappa shape index (κ2) is 5.22. The normalized spacial score (nSPS) is 35.3. The van der Waals surface area contributed by atoms with Gasteiger partial charge in [-0.2, -0.15) is 0 Å². The van der Waals surface area contributed by atoms with Crippen LogP contribution in [-0.4, -0.2) is 61.0 Å². The number of rotatable bonds is 4. The lowest BCUT2D eigenvalue weighted by molar-refractivity contribution is -0.0768. The van der Waals surface area contributed by atoms with Crippen LogP contribution in [0.25, 0.3) is 0 Å². The van der Waals surface area contributed by atoms with Gasteiger partial charge in [0.2, 0.25) is 0 Å². The minimum absolute atomic E-state index is 0.0271. The van der Waals surface area contributed by atoms with Crippen molar-refractivity contribution >= 4 is 0 Å². The molecule has 1 heterocycles. The van der Waals surface area contributed by atoms with Gasteiger partial charge in [0, 0.05) is 37.1 Å². The molecular formula is C13H26N2O2. The van der Waals surface area contributed by atoms with E-state index in [1.165, 1.54) is 0 Å². The van der Waals surface area contributed by atoms with E-state index in [-0.39, 0.29) is 11.5 Å².